The highest BCUT2D eigenvalue weighted by Gasteiger charge is 2.51. The average molecular weight is 388 g/mol. The van der Waals surface area contributed by atoms with Gasteiger partial charge in [-0.3, -0.25) is 9.78 Å². The van der Waals surface area contributed by atoms with E-state index >= 15 is 0 Å². The summed E-state index contributed by atoms with van der Waals surface area (Å²) in [5, 5.41) is 4.02. The Kier molecular flexibility index (Phi) is 3.50. The lowest BCUT2D eigenvalue weighted by molar-refractivity contribution is -0.120. The largest absolute Gasteiger partial charge is 0.310 e. The SMILES string of the molecule is O=C1Nc2ncccc2C12Cc1cc3ccc(C#Cc4ccncc4)nc3cc1C2. The zero-order valence-corrected chi connectivity index (χ0v) is 16.0. The summed E-state index contributed by atoms with van der Waals surface area (Å²) in [7, 11) is 0. The normalized spacial score (nSPS) is 18.6. The summed E-state index contributed by atoms with van der Waals surface area (Å²) in [5.41, 5.74) is 5.33. The Hall–Kier alpha value is -4.04. The minimum Gasteiger partial charge on any atom is -0.310 e. The molecule has 0 radical (unpaired) electrons. The molecule has 0 bridgehead atoms. The van der Waals surface area contributed by atoms with E-state index < -0.39 is 5.41 Å². The number of hydrogen-bond acceptors (Lipinski definition) is 4. The van der Waals surface area contributed by atoms with E-state index in [1.165, 1.54) is 11.1 Å². The van der Waals surface area contributed by atoms with Crippen LogP contribution in [0, 0.1) is 11.8 Å². The molecule has 5 heteroatoms. The summed E-state index contributed by atoms with van der Waals surface area (Å²) in [6.45, 7) is 0. The number of rotatable bonds is 0. The van der Waals surface area contributed by atoms with Crippen LogP contribution in [0.5, 0.6) is 0 Å². The lowest BCUT2D eigenvalue weighted by atomic mass is 9.79. The fraction of sp³-hybridized carbons (Fsp3) is 0.120. The lowest BCUT2D eigenvalue weighted by Gasteiger charge is -2.20. The van der Waals surface area contributed by atoms with Gasteiger partial charge < -0.3 is 5.32 Å². The maximum atomic E-state index is 12.9. The van der Waals surface area contributed by atoms with Crippen molar-refractivity contribution in [3.8, 4) is 11.8 Å². The molecule has 3 aromatic heterocycles. The molecule has 1 N–H and O–H groups in total. The van der Waals surface area contributed by atoms with Crippen LogP contribution < -0.4 is 5.32 Å². The van der Waals surface area contributed by atoms with E-state index in [0.29, 0.717) is 18.7 Å². The number of nitrogens with one attached hydrogen (secondary N) is 1. The number of amides is 1. The molecule has 4 aromatic rings. The zero-order valence-electron chi connectivity index (χ0n) is 16.0. The molecule has 1 aromatic carbocycles. The number of anilines is 1. The molecule has 142 valence electrons. The number of fused-ring (bicyclic) bond motifs is 4. The van der Waals surface area contributed by atoms with Crippen molar-refractivity contribution in [2.75, 3.05) is 5.32 Å². The number of carbonyl (C=O) groups excluding carboxylic acids is 1. The number of nitrogens with zero attached hydrogens (tertiary/aromatic N) is 3. The van der Waals surface area contributed by atoms with Crippen LogP contribution in [-0.2, 0) is 23.1 Å². The Morgan fingerprint density at radius 2 is 1.77 bits per heavy atom. The van der Waals surface area contributed by atoms with Crippen LogP contribution in [0.4, 0.5) is 5.82 Å². The fourth-order valence-corrected chi connectivity index (χ4v) is 4.54. The highest BCUT2D eigenvalue weighted by atomic mass is 16.2. The van der Waals surface area contributed by atoms with Gasteiger partial charge in [0.15, 0.2) is 0 Å². The summed E-state index contributed by atoms with van der Waals surface area (Å²) >= 11 is 0. The van der Waals surface area contributed by atoms with Crippen LogP contribution in [0.3, 0.4) is 0 Å². The zero-order chi connectivity index (χ0) is 20.1. The van der Waals surface area contributed by atoms with Crippen LogP contribution in [0.15, 0.2) is 67.1 Å². The van der Waals surface area contributed by atoms with Gasteiger partial charge in [-0.2, -0.15) is 0 Å². The minimum atomic E-state index is -0.562. The molecule has 0 saturated heterocycles. The van der Waals surface area contributed by atoms with Crippen molar-refractivity contribution in [2.24, 2.45) is 0 Å². The highest BCUT2D eigenvalue weighted by Crippen LogP contribution is 2.47. The number of hydrogen-bond donors (Lipinski definition) is 1. The van der Waals surface area contributed by atoms with Crippen LogP contribution in [0.25, 0.3) is 10.9 Å². The van der Waals surface area contributed by atoms with E-state index in [-0.39, 0.29) is 5.91 Å². The minimum absolute atomic E-state index is 0.0355. The fourth-order valence-electron chi connectivity index (χ4n) is 4.54. The summed E-state index contributed by atoms with van der Waals surface area (Å²) < 4.78 is 0. The number of aromatic nitrogens is 3. The topological polar surface area (TPSA) is 67.8 Å². The Labute approximate surface area is 173 Å². The first-order valence-corrected chi connectivity index (χ1v) is 9.83. The predicted octanol–water partition coefficient (Wildman–Crippen LogP) is 3.41. The van der Waals surface area contributed by atoms with Crippen molar-refractivity contribution >= 4 is 22.6 Å². The molecular formula is C25H16N4O. The smallest absolute Gasteiger partial charge is 0.237 e. The van der Waals surface area contributed by atoms with Gasteiger partial charge in [-0.25, -0.2) is 9.97 Å². The molecule has 1 amide bonds. The molecular weight excluding hydrogens is 372 g/mol. The summed E-state index contributed by atoms with van der Waals surface area (Å²) in [4.78, 5) is 26.0. The second kappa shape index (κ2) is 6.23. The molecule has 0 fully saturated rings. The van der Waals surface area contributed by atoms with Crippen molar-refractivity contribution in [3.63, 3.8) is 0 Å². The van der Waals surface area contributed by atoms with E-state index in [4.69, 9.17) is 4.98 Å². The van der Waals surface area contributed by atoms with Crippen LogP contribution in [0.2, 0.25) is 0 Å². The molecule has 1 atom stereocenters. The van der Waals surface area contributed by atoms with Crippen molar-refractivity contribution in [1.29, 1.82) is 0 Å². The van der Waals surface area contributed by atoms with Gasteiger partial charge in [-0.1, -0.05) is 12.0 Å². The second-order valence-corrected chi connectivity index (χ2v) is 7.79. The van der Waals surface area contributed by atoms with Gasteiger partial charge in [0.05, 0.1) is 10.9 Å². The Morgan fingerprint density at radius 3 is 2.63 bits per heavy atom. The first-order valence-electron chi connectivity index (χ1n) is 9.83. The van der Waals surface area contributed by atoms with E-state index in [0.717, 1.165) is 27.7 Å². The molecule has 30 heavy (non-hydrogen) atoms. The van der Waals surface area contributed by atoms with Crippen molar-refractivity contribution in [1.82, 2.24) is 15.0 Å². The molecule has 4 heterocycles. The van der Waals surface area contributed by atoms with Crippen molar-refractivity contribution in [2.45, 2.75) is 18.3 Å². The number of pyridine rings is 3. The van der Waals surface area contributed by atoms with Crippen LogP contribution in [0.1, 0.15) is 27.9 Å². The van der Waals surface area contributed by atoms with E-state index in [2.05, 4.69) is 39.3 Å². The molecule has 1 unspecified atom stereocenters. The number of benzene rings is 1. The third-order valence-corrected chi connectivity index (χ3v) is 6.00. The first-order chi connectivity index (χ1) is 14.7. The molecule has 6 rings (SSSR count). The third kappa shape index (κ3) is 2.51. The van der Waals surface area contributed by atoms with E-state index in [1.807, 2.05) is 36.4 Å². The standard InChI is InChI=1S/C25H16N4O/c30-24-25(21-2-1-9-27-23(21)29-24)14-18-12-17-4-6-20(28-22(17)13-19(18)15-25)5-3-16-7-10-26-11-8-16/h1-2,4,6-13H,14-15H2,(H,27,29,30). The number of carbonyl (C=O) groups is 1. The van der Waals surface area contributed by atoms with Gasteiger partial charge in [0.1, 0.15) is 11.5 Å². The summed E-state index contributed by atoms with van der Waals surface area (Å²) in [6.07, 6.45) is 6.52. The van der Waals surface area contributed by atoms with Gasteiger partial charge in [0, 0.05) is 35.1 Å². The second-order valence-electron chi connectivity index (χ2n) is 7.79. The molecule has 1 spiro atoms. The van der Waals surface area contributed by atoms with Crippen molar-refractivity contribution < 1.29 is 4.79 Å². The van der Waals surface area contributed by atoms with Gasteiger partial charge in [0.2, 0.25) is 5.91 Å². The molecule has 1 aliphatic carbocycles. The molecule has 1 aliphatic heterocycles. The van der Waals surface area contributed by atoms with Gasteiger partial charge >= 0.3 is 0 Å². The Balaban J connectivity index is 1.39. The lowest BCUT2D eigenvalue weighted by Crippen LogP contribution is -2.35. The van der Waals surface area contributed by atoms with Crippen LogP contribution in [-0.4, -0.2) is 20.9 Å². The molecule has 0 saturated carbocycles. The maximum Gasteiger partial charge on any atom is 0.237 e. The quantitative estimate of drug-likeness (QED) is 0.469. The average Bonchev–Trinajstić information content (AvgIpc) is 3.28. The van der Waals surface area contributed by atoms with Gasteiger partial charge in [0.25, 0.3) is 0 Å². The van der Waals surface area contributed by atoms with E-state index in [1.54, 1.807) is 18.6 Å². The molecule has 2 aliphatic rings. The Bertz CT molecular complexity index is 1400. The highest BCUT2D eigenvalue weighted by molar-refractivity contribution is 6.06. The predicted molar refractivity (Wildman–Crippen MR) is 114 cm³/mol. The van der Waals surface area contributed by atoms with Crippen LogP contribution >= 0.6 is 0 Å². The van der Waals surface area contributed by atoms with E-state index in [9.17, 15) is 4.79 Å². The summed E-state index contributed by atoms with van der Waals surface area (Å²) in [6, 6.07) is 15.9. The van der Waals surface area contributed by atoms with Crippen molar-refractivity contribution in [3.05, 3.63) is 95.1 Å². The van der Waals surface area contributed by atoms with Gasteiger partial charge in [-0.15, -0.1) is 0 Å². The third-order valence-electron chi connectivity index (χ3n) is 6.00. The molecule has 5 nitrogen and oxygen atoms in total. The summed E-state index contributed by atoms with van der Waals surface area (Å²) in [5.74, 6) is 6.97. The van der Waals surface area contributed by atoms with Gasteiger partial charge in [-0.05, 0) is 72.4 Å². The maximum absolute atomic E-state index is 12.9. The first kappa shape index (κ1) is 16.9. The Morgan fingerprint density at radius 1 is 0.933 bits per heavy atom. The monoisotopic (exact) mass is 388 g/mol.